The van der Waals surface area contributed by atoms with E-state index in [2.05, 4.69) is 27.7 Å². The van der Waals surface area contributed by atoms with Crippen LogP contribution in [0.4, 0.5) is 0 Å². The molecule has 0 unspecified atom stereocenters. The van der Waals surface area contributed by atoms with Gasteiger partial charge in [-0.25, -0.2) is 0 Å². The molecule has 0 aromatic carbocycles. The van der Waals surface area contributed by atoms with Crippen LogP contribution < -0.4 is 0 Å². The monoisotopic (exact) mass is 354 g/mol. The Morgan fingerprint density at radius 3 is 1.80 bits per heavy atom. The van der Waals surface area contributed by atoms with E-state index in [1.165, 1.54) is 77.0 Å². The Morgan fingerprint density at radius 2 is 1.24 bits per heavy atom. The minimum atomic E-state index is -0.0175. The second kappa shape index (κ2) is 18.3. The Balaban J connectivity index is 3.28. The molecule has 0 aliphatic rings. The third kappa shape index (κ3) is 19.6. The van der Waals surface area contributed by atoms with Gasteiger partial charge in [-0.3, -0.25) is 4.79 Å². The van der Waals surface area contributed by atoms with E-state index in [9.17, 15) is 4.79 Å². The van der Waals surface area contributed by atoms with E-state index in [-0.39, 0.29) is 5.97 Å². The van der Waals surface area contributed by atoms with Crippen LogP contribution >= 0.6 is 0 Å². The highest BCUT2D eigenvalue weighted by Crippen LogP contribution is 2.17. The van der Waals surface area contributed by atoms with Gasteiger partial charge in [0, 0.05) is 6.42 Å². The maximum Gasteiger partial charge on any atom is 0.305 e. The molecule has 1 atom stereocenters. The molecule has 0 N–H and O–H groups in total. The van der Waals surface area contributed by atoms with Crippen LogP contribution in [0.1, 0.15) is 124 Å². The predicted molar refractivity (Wildman–Crippen MR) is 110 cm³/mol. The molecule has 0 fully saturated rings. The summed E-state index contributed by atoms with van der Waals surface area (Å²) in [5.41, 5.74) is 0. The highest BCUT2D eigenvalue weighted by Gasteiger charge is 2.06. The quantitative estimate of drug-likeness (QED) is 0.186. The molecule has 25 heavy (non-hydrogen) atoms. The van der Waals surface area contributed by atoms with Gasteiger partial charge >= 0.3 is 5.97 Å². The number of carbonyl (C=O) groups is 1. The Hall–Kier alpha value is -0.530. The standard InChI is InChI=1S/C23H46O2/c1-5-6-7-8-9-10-11-12-13-14-16-22(4)17-15-20-25-23(24)19-18-21(2)3/h21-22H,5-20H2,1-4H3/t22-/m1/s1. The second-order valence-corrected chi connectivity index (χ2v) is 8.37. The summed E-state index contributed by atoms with van der Waals surface area (Å²) in [6.45, 7) is 9.51. The molecule has 0 saturated carbocycles. The van der Waals surface area contributed by atoms with Gasteiger partial charge in [-0.05, 0) is 31.1 Å². The topological polar surface area (TPSA) is 26.3 Å². The fourth-order valence-electron chi connectivity index (χ4n) is 3.22. The lowest BCUT2D eigenvalue weighted by Gasteiger charge is -2.11. The predicted octanol–water partition coefficient (Wildman–Crippen LogP) is 7.69. The summed E-state index contributed by atoms with van der Waals surface area (Å²) >= 11 is 0. The zero-order valence-corrected chi connectivity index (χ0v) is 17.8. The summed E-state index contributed by atoms with van der Waals surface area (Å²) in [6, 6.07) is 0. The molecule has 0 aromatic rings. The van der Waals surface area contributed by atoms with E-state index < -0.39 is 0 Å². The first-order chi connectivity index (χ1) is 12.1. The first-order valence-corrected chi connectivity index (χ1v) is 11.2. The fourth-order valence-corrected chi connectivity index (χ4v) is 3.22. The van der Waals surface area contributed by atoms with Crippen molar-refractivity contribution in [3.63, 3.8) is 0 Å². The lowest BCUT2D eigenvalue weighted by atomic mass is 9.97. The molecule has 0 rings (SSSR count). The maximum atomic E-state index is 11.5. The lowest BCUT2D eigenvalue weighted by Crippen LogP contribution is -2.08. The zero-order valence-electron chi connectivity index (χ0n) is 17.8. The molecule has 0 aliphatic carbocycles. The minimum Gasteiger partial charge on any atom is -0.466 e. The molecular weight excluding hydrogens is 308 g/mol. The normalized spacial score (nSPS) is 12.5. The van der Waals surface area contributed by atoms with E-state index in [1.807, 2.05) is 0 Å². The molecule has 2 nitrogen and oxygen atoms in total. The van der Waals surface area contributed by atoms with Gasteiger partial charge in [0.25, 0.3) is 0 Å². The maximum absolute atomic E-state index is 11.5. The molecule has 0 saturated heterocycles. The van der Waals surface area contributed by atoms with Crippen molar-refractivity contribution in [2.24, 2.45) is 11.8 Å². The van der Waals surface area contributed by atoms with Gasteiger partial charge < -0.3 is 4.74 Å². The van der Waals surface area contributed by atoms with Gasteiger partial charge in [0.15, 0.2) is 0 Å². The van der Waals surface area contributed by atoms with E-state index >= 15 is 0 Å². The van der Waals surface area contributed by atoms with Crippen LogP contribution in [0.15, 0.2) is 0 Å². The largest absolute Gasteiger partial charge is 0.466 e. The molecule has 0 bridgehead atoms. The summed E-state index contributed by atoms with van der Waals surface area (Å²) in [6.07, 6.45) is 19.1. The fraction of sp³-hybridized carbons (Fsp3) is 0.957. The Kier molecular flexibility index (Phi) is 17.9. The van der Waals surface area contributed by atoms with Crippen LogP contribution in [-0.2, 0) is 9.53 Å². The Bertz CT molecular complexity index is 286. The van der Waals surface area contributed by atoms with E-state index in [0.717, 1.165) is 18.8 Å². The number of ether oxygens (including phenoxy) is 1. The number of unbranched alkanes of at least 4 members (excludes halogenated alkanes) is 9. The summed E-state index contributed by atoms with van der Waals surface area (Å²) in [5, 5.41) is 0. The average molecular weight is 355 g/mol. The Labute approximate surface area is 158 Å². The van der Waals surface area contributed by atoms with Gasteiger partial charge in [0.2, 0.25) is 0 Å². The van der Waals surface area contributed by atoms with Crippen molar-refractivity contribution in [2.75, 3.05) is 6.61 Å². The van der Waals surface area contributed by atoms with E-state index in [4.69, 9.17) is 4.74 Å². The number of hydrogen-bond donors (Lipinski definition) is 0. The van der Waals surface area contributed by atoms with Crippen LogP contribution in [0.25, 0.3) is 0 Å². The lowest BCUT2D eigenvalue weighted by molar-refractivity contribution is -0.144. The molecule has 0 radical (unpaired) electrons. The third-order valence-electron chi connectivity index (χ3n) is 5.08. The van der Waals surface area contributed by atoms with Crippen molar-refractivity contribution in [3.8, 4) is 0 Å². The first kappa shape index (κ1) is 24.5. The SMILES string of the molecule is CCCCCCCCCCCC[C@@H](C)CCCOC(=O)CCC(C)C. The smallest absolute Gasteiger partial charge is 0.305 e. The summed E-state index contributed by atoms with van der Waals surface area (Å²) < 4.78 is 5.31. The van der Waals surface area contributed by atoms with Gasteiger partial charge in [-0.1, -0.05) is 98.3 Å². The van der Waals surface area contributed by atoms with Gasteiger partial charge in [-0.2, -0.15) is 0 Å². The Morgan fingerprint density at radius 1 is 0.720 bits per heavy atom. The number of carbonyl (C=O) groups excluding carboxylic acids is 1. The highest BCUT2D eigenvalue weighted by atomic mass is 16.5. The van der Waals surface area contributed by atoms with Gasteiger partial charge in [-0.15, -0.1) is 0 Å². The van der Waals surface area contributed by atoms with Crippen LogP contribution in [0.3, 0.4) is 0 Å². The number of hydrogen-bond acceptors (Lipinski definition) is 2. The van der Waals surface area contributed by atoms with E-state index in [1.54, 1.807) is 0 Å². The van der Waals surface area contributed by atoms with Crippen LogP contribution in [0.5, 0.6) is 0 Å². The molecular formula is C23H46O2. The molecule has 2 heteroatoms. The minimum absolute atomic E-state index is 0.0175. The second-order valence-electron chi connectivity index (χ2n) is 8.37. The third-order valence-corrected chi connectivity index (χ3v) is 5.08. The summed E-state index contributed by atoms with van der Waals surface area (Å²) in [5.74, 6) is 1.33. The van der Waals surface area contributed by atoms with Crippen molar-refractivity contribution in [2.45, 2.75) is 124 Å². The first-order valence-electron chi connectivity index (χ1n) is 11.2. The van der Waals surface area contributed by atoms with Crippen molar-refractivity contribution < 1.29 is 9.53 Å². The van der Waals surface area contributed by atoms with Crippen molar-refractivity contribution in [1.29, 1.82) is 0 Å². The van der Waals surface area contributed by atoms with Crippen LogP contribution in [0, 0.1) is 11.8 Å². The molecule has 0 heterocycles. The van der Waals surface area contributed by atoms with Crippen LogP contribution in [-0.4, -0.2) is 12.6 Å². The summed E-state index contributed by atoms with van der Waals surface area (Å²) in [7, 11) is 0. The number of rotatable bonds is 18. The van der Waals surface area contributed by atoms with Crippen molar-refractivity contribution >= 4 is 5.97 Å². The van der Waals surface area contributed by atoms with Crippen molar-refractivity contribution in [1.82, 2.24) is 0 Å². The highest BCUT2D eigenvalue weighted by molar-refractivity contribution is 5.69. The van der Waals surface area contributed by atoms with Crippen LogP contribution in [0.2, 0.25) is 0 Å². The molecule has 0 spiro atoms. The zero-order chi connectivity index (χ0) is 18.8. The molecule has 0 aromatic heterocycles. The summed E-state index contributed by atoms with van der Waals surface area (Å²) in [4.78, 5) is 11.5. The van der Waals surface area contributed by atoms with Gasteiger partial charge in [0.05, 0.1) is 6.61 Å². The van der Waals surface area contributed by atoms with Gasteiger partial charge in [0.1, 0.15) is 0 Å². The van der Waals surface area contributed by atoms with E-state index in [0.29, 0.717) is 18.9 Å². The number of esters is 1. The van der Waals surface area contributed by atoms with Crippen molar-refractivity contribution in [3.05, 3.63) is 0 Å². The molecule has 0 amide bonds. The molecule has 0 aliphatic heterocycles. The average Bonchev–Trinajstić information content (AvgIpc) is 2.58. The molecule has 150 valence electrons.